The Labute approximate surface area is 169 Å². The van der Waals surface area contributed by atoms with E-state index in [-0.39, 0.29) is 11.1 Å². The summed E-state index contributed by atoms with van der Waals surface area (Å²) >= 11 is 6.15. The van der Waals surface area contributed by atoms with E-state index in [9.17, 15) is 5.26 Å². The molecule has 0 bridgehead atoms. The fourth-order valence-corrected chi connectivity index (χ4v) is 3.81. The first-order valence-corrected chi connectivity index (χ1v) is 12.6. The predicted octanol–water partition coefficient (Wildman–Crippen LogP) is 6.78. The minimum atomic E-state index is -1.79. The number of nitrogens with zero attached hydrogens (tertiary/aromatic N) is 1. The highest BCUT2D eigenvalue weighted by Crippen LogP contribution is 2.37. The third-order valence-electron chi connectivity index (χ3n) is 5.31. The summed E-state index contributed by atoms with van der Waals surface area (Å²) in [5.74, 6) is 0. The molecule has 27 heavy (non-hydrogen) atoms. The van der Waals surface area contributed by atoms with Crippen LogP contribution in [-0.4, -0.2) is 14.9 Å². The Balaban J connectivity index is 2.19. The van der Waals surface area contributed by atoms with Crippen LogP contribution >= 0.6 is 11.6 Å². The molecule has 0 aliphatic carbocycles. The third-order valence-corrected chi connectivity index (χ3v) is 10.1. The number of anilines is 1. The molecule has 1 N–H and O–H groups in total. The molecule has 0 spiro atoms. The van der Waals surface area contributed by atoms with Crippen molar-refractivity contribution in [3.8, 4) is 6.07 Å². The van der Waals surface area contributed by atoms with Crippen LogP contribution in [0.5, 0.6) is 0 Å². The van der Waals surface area contributed by atoms with Crippen LogP contribution in [-0.2, 0) is 4.43 Å². The van der Waals surface area contributed by atoms with E-state index in [1.807, 2.05) is 24.3 Å². The van der Waals surface area contributed by atoms with Crippen LogP contribution in [0.2, 0.25) is 23.2 Å². The van der Waals surface area contributed by atoms with Gasteiger partial charge in [-0.2, -0.15) is 5.26 Å². The molecule has 0 radical (unpaired) electrons. The molecular weight excluding hydrogens is 372 g/mol. The van der Waals surface area contributed by atoms with Gasteiger partial charge in [-0.1, -0.05) is 62.7 Å². The third kappa shape index (κ3) is 5.84. The Morgan fingerprint density at radius 2 is 1.81 bits per heavy atom. The molecule has 0 fully saturated rings. The van der Waals surface area contributed by atoms with Gasteiger partial charge in [0.25, 0.3) is 0 Å². The number of halogens is 1. The molecule has 0 aliphatic rings. The van der Waals surface area contributed by atoms with E-state index in [4.69, 9.17) is 16.0 Å². The lowest BCUT2D eigenvalue weighted by Gasteiger charge is -2.36. The molecular formula is C22H29ClN2OSi. The van der Waals surface area contributed by atoms with E-state index < -0.39 is 8.32 Å². The lowest BCUT2D eigenvalue weighted by atomic mass is 10.0. The molecule has 0 heterocycles. The monoisotopic (exact) mass is 400 g/mol. The second-order valence-corrected chi connectivity index (χ2v) is 13.6. The van der Waals surface area contributed by atoms with Gasteiger partial charge in [-0.05, 0) is 48.3 Å². The van der Waals surface area contributed by atoms with Crippen molar-refractivity contribution in [2.75, 3.05) is 11.9 Å². The zero-order valence-corrected chi connectivity index (χ0v) is 18.6. The van der Waals surface area contributed by atoms with Gasteiger partial charge in [0.05, 0.1) is 17.3 Å². The Morgan fingerprint density at radius 1 is 1.15 bits per heavy atom. The van der Waals surface area contributed by atoms with Gasteiger partial charge in [-0.3, -0.25) is 0 Å². The highest BCUT2D eigenvalue weighted by Gasteiger charge is 2.37. The summed E-state index contributed by atoms with van der Waals surface area (Å²) in [6.45, 7) is 11.9. The van der Waals surface area contributed by atoms with Crippen molar-refractivity contribution in [3.63, 3.8) is 0 Å². The Morgan fingerprint density at radius 3 is 2.41 bits per heavy atom. The minimum Gasteiger partial charge on any atom is -0.417 e. The maximum Gasteiger partial charge on any atom is 0.191 e. The van der Waals surface area contributed by atoms with Crippen LogP contribution in [0.1, 0.15) is 44.4 Å². The number of nitrogens with one attached hydrogen (secondary N) is 1. The molecule has 0 aromatic heterocycles. The van der Waals surface area contributed by atoms with Gasteiger partial charge in [0.2, 0.25) is 0 Å². The molecule has 2 aromatic carbocycles. The van der Waals surface area contributed by atoms with Crippen molar-refractivity contribution in [3.05, 3.63) is 64.7 Å². The second kappa shape index (κ2) is 8.92. The summed E-state index contributed by atoms with van der Waals surface area (Å²) in [7, 11) is -1.79. The minimum absolute atomic E-state index is 0.0431. The molecule has 1 unspecified atom stereocenters. The fraction of sp³-hybridized carbons (Fsp3) is 0.409. The maximum atomic E-state index is 9.41. The van der Waals surface area contributed by atoms with Crippen LogP contribution in [0.15, 0.2) is 48.5 Å². The summed E-state index contributed by atoms with van der Waals surface area (Å²) in [5.41, 5.74) is 2.51. The van der Waals surface area contributed by atoms with E-state index in [0.29, 0.717) is 17.2 Å². The summed E-state index contributed by atoms with van der Waals surface area (Å²) in [5, 5.41) is 13.7. The molecule has 144 valence electrons. The summed E-state index contributed by atoms with van der Waals surface area (Å²) in [4.78, 5) is 0. The van der Waals surface area contributed by atoms with Crippen molar-refractivity contribution in [1.29, 1.82) is 5.26 Å². The van der Waals surface area contributed by atoms with Crippen molar-refractivity contribution in [2.45, 2.75) is 51.4 Å². The molecule has 3 nitrogen and oxygen atoms in total. The number of nitriles is 1. The summed E-state index contributed by atoms with van der Waals surface area (Å²) < 4.78 is 6.37. The highest BCUT2D eigenvalue weighted by atomic mass is 35.5. The normalized spacial score (nSPS) is 13.1. The fourth-order valence-electron chi connectivity index (χ4n) is 2.58. The molecule has 2 rings (SSSR count). The molecule has 0 aliphatic heterocycles. The van der Waals surface area contributed by atoms with E-state index >= 15 is 0 Å². The van der Waals surface area contributed by atoms with Gasteiger partial charge < -0.3 is 9.74 Å². The van der Waals surface area contributed by atoms with Crippen molar-refractivity contribution >= 4 is 25.6 Å². The number of benzene rings is 2. The maximum absolute atomic E-state index is 9.41. The number of hydrogen-bond acceptors (Lipinski definition) is 3. The molecule has 1 atom stereocenters. The van der Waals surface area contributed by atoms with E-state index in [0.717, 1.165) is 12.1 Å². The van der Waals surface area contributed by atoms with Crippen LogP contribution < -0.4 is 5.32 Å². The van der Waals surface area contributed by atoms with Crippen LogP contribution in [0.4, 0.5) is 5.69 Å². The lowest BCUT2D eigenvalue weighted by Crippen LogP contribution is -2.41. The van der Waals surface area contributed by atoms with Gasteiger partial charge in [-0.15, -0.1) is 0 Å². The van der Waals surface area contributed by atoms with Gasteiger partial charge in [0, 0.05) is 11.6 Å². The first-order valence-electron chi connectivity index (χ1n) is 9.29. The van der Waals surface area contributed by atoms with Crippen molar-refractivity contribution in [2.24, 2.45) is 0 Å². The van der Waals surface area contributed by atoms with Gasteiger partial charge >= 0.3 is 0 Å². The Bertz CT molecular complexity index is 794. The van der Waals surface area contributed by atoms with Crippen LogP contribution in [0.25, 0.3) is 0 Å². The van der Waals surface area contributed by atoms with Gasteiger partial charge in [-0.25, -0.2) is 0 Å². The molecule has 0 amide bonds. The molecule has 5 heteroatoms. The number of hydrogen-bond donors (Lipinski definition) is 1. The van der Waals surface area contributed by atoms with Gasteiger partial charge in [0.1, 0.15) is 6.07 Å². The smallest absolute Gasteiger partial charge is 0.191 e. The zero-order valence-electron chi connectivity index (χ0n) is 16.8. The van der Waals surface area contributed by atoms with Crippen LogP contribution in [0.3, 0.4) is 0 Å². The first-order chi connectivity index (χ1) is 12.6. The Hall–Kier alpha value is -1.80. The summed E-state index contributed by atoms with van der Waals surface area (Å²) in [6.07, 6.45) is 0.813. The molecule has 0 saturated carbocycles. The average molecular weight is 401 g/mol. The molecule has 0 saturated heterocycles. The average Bonchev–Trinajstić information content (AvgIpc) is 2.61. The van der Waals surface area contributed by atoms with Gasteiger partial charge in [0.15, 0.2) is 8.32 Å². The largest absolute Gasteiger partial charge is 0.417 e. The predicted molar refractivity (Wildman–Crippen MR) is 117 cm³/mol. The first kappa shape index (κ1) is 21.5. The second-order valence-electron chi connectivity index (χ2n) is 8.31. The SMILES string of the molecule is CC(C)(C)[Si](C)(C)OCCC(Nc1cc(Cl)ccc1C#N)c1ccccc1. The topological polar surface area (TPSA) is 45.0 Å². The lowest BCUT2D eigenvalue weighted by molar-refractivity contribution is 0.275. The highest BCUT2D eigenvalue weighted by molar-refractivity contribution is 6.74. The van der Waals surface area contributed by atoms with E-state index in [1.165, 1.54) is 5.56 Å². The standard InChI is InChI=1S/C22H29ClN2OSi/c1-22(2,3)27(4,5)26-14-13-20(17-9-7-6-8-10-17)25-21-15-19(23)12-11-18(21)16-24/h6-12,15,20,25H,13-14H2,1-5H3. The van der Waals surface area contributed by atoms with E-state index in [1.54, 1.807) is 12.1 Å². The Kier molecular flexibility index (Phi) is 7.11. The molecule has 2 aromatic rings. The summed E-state index contributed by atoms with van der Waals surface area (Å²) in [6, 6.07) is 17.8. The van der Waals surface area contributed by atoms with Crippen molar-refractivity contribution in [1.82, 2.24) is 0 Å². The van der Waals surface area contributed by atoms with E-state index in [2.05, 4.69) is 57.4 Å². The van der Waals surface area contributed by atoms with Crippen molar-refractivity contribution < 1.29 is 4.43 Å². The van der Waals surface area contributed by atoms with Crippen LogP contribution in [0, 0.1) is 11.3 Å². The number of rotatable bonds is 7. The quantitative estimate of drug-likeness (QED) is 0.521. The zero-order chi connectivity index (χ0) is 20.1.